The van der Waals surface area contributed by atoms with E-state index in [0.29, 0.717) is 22.5 Å². The molecule has 0 aromatic rings. The van der Waals surface area contributed by atoms with Crippen molar-refractivity contribution >= 4 is 23.0 Å². The summed E-state index contributed by atoms with van der Waals surface area (Å²) in [6, 6.07) is 0.382. The molecule has 0 radical (unpaired) electrons. The Morgan fingerprint density at radius 3 is 2.87 bits per heavy atom. The average Bonchev–Trinajstić information content (AvgIpc) is 2.47. The SMILES string of the molecule is CC1(C)[C@@H]2CC[C@]1(C)C1=NNC(=S)N[C@H]12. The number of hydrogen-bond donors (Lipinski definition) is 2. The van der Waals surface area contributed by atoms with E-state index < -0.39 is 0 Å². The molecule has 15 heavy (non-hydrogen) atoms. The van der Waals surface area contributed by atoms with Gasteiger partial charge < -0.3 is 5.32 Å². The topological polar surface area (TPSA) is 36.4 Å². The van der Waals surface area contributed by atoms with Crippen molar-refractivity contribution in [1.29, 1.82) is 0 Å². The van der Waals surface area contributed by atoms with Gasteiger partial charge >= 0.3 is 0 Å². The third-order valence-electron chi connectivity index (χ3n) is 5.13. The maximum Gasteiger partial charge on any atom is 0.187 e. The Hall–Kier alpha value is -0.640. The third-order valence-corrected chi connectivity index (χ3v) is 5.34. The van der Waals surface area contributed by atoms with Crippen molar-refractivity contribution in [3.63, 3.8) is 0 Å². The molecule has 0 aromatic heterocycles. The van der Waals surface area contributed by atoms with Crippen LogP contribution in [0.25, 0.3) is 0 Å². The van der Waals surface area contributed by atoms with Crippen LogP contribution in [0.5, 0.6) is 0 Å². The molecule has 2 saturated carbocycles. The van der Waals surface area contributed by atoms with Crippen LogP contribution in [-0.2, 0) is 0 Å². The zero-order chi connectivity index (χ0) is 10.8. The Bertz CT molecular complexity index is 374. The highest BCUT2D eigenvalue weighted by atomic mass is 32.1. The van der Waals surface area contributed by atoms with Crippen molar-refractivity contribution in [2.45, 2.75) is 39.7 Å². The summed E-state index contributed by atoms with van der Waals surface area (Å²) < 4.78 is 0. The lowest BCUT2D eigenvalue weighted by molar-refractivity contribution is 0.187. The molecular weight excluding hydrogens is 206 g/mol. The molecule has 3 nitrogen and oxygen atoms in total. The monoisotopic (exact) mass is 223 g/mol. The van der Waals surface area contributed by atoms with Crippen LogP contribution in [0.2, 0.25) is 0 Å². The summed E-state index contributed by atoms with van der Waals surface area (Å²) in [7, 11) is 0. The molecule has 1 heterocycles. The van der Waals surface area contributed by atoms with Crippen molar-refractivity contribution < 1.29 is 0 Å². The number of hydrogen-bond acceptors (Lipinski definition) is 2. The summed E-state index contributed by atoms with van der Waals surface area (Å²) in [5.74, 6) is 0.682. The Kier molecular flexibility index (Phi) is 1.62. The van der Waals surface area contributed by atoms with E-state index in [4.69, 9.17) is 12.2 Å². The van der Waals surface area contributed by atoms with Gasteiger partial charge in [0.2, 0.25) is 0 Å². The van der Waals surface area contributed by atoms with Crippen LogP contribution in [-0.4, -0.2) is 16.9 Å². The van der Waals surface area contributed by atoms with Gasteiger partial charge in [0.25, 0.3) is 0 Å². The number of rotatable bonds is 0. The van der Waals surface area contributed by atoms with Gasteiger partial charge in [-0.1, -0.05) is 20.8 Å². The van der Waals surface area contributed by atoms with Gasteiger partial charge in [0, 0.05) is 5.41 Å². The van der Waals surface area contributed by atoms with E-state index >= 15 is 0 Å². The van der Waals surface area contributed by atoms with E-state index in [0.717, 1.165) is 0 Å². The summed E-state index contributed by atoms with van der Waals surface area (Å²) in [5.41, 5.74) is 4.79. The fourth-order valence-electron chi connectivity index (χ4n) is 3.76. The largest absolute Gasteiger partial charge is 0.353 e. The van der Waals surface area contributed by atoms with Crippen LogP contribution < -0.4 is 10.7 Å². The second kappa shape index (κ2) is 2.54. The van der Waals surface area contributed by atoms with E-state index in [2.05, 4.69) is 36.6 Å². The van der Waals surface area contributed by atoms with Crippen LogP contribution in [0.1, 0.15) is 33.6 Å². The minimum absolute atomic E-state index is 0.248. The second-order valence-corrected chi connectivity index (χ2v) is 6.17. The maximum absolute atomic E-state index is 5.13. The zero-order valence-corrected chi connectivity index (χ0v) is 10.2. The predicted octanol–water partition coefficient (Wildman–Crippen LogP) is 1.64. The molecule has 0 amide bonds. The summed E-state index contributed by atoms with van der Waals surface area (Å²) >= 11 is 5.13. The van der Waals surface area contributed by atoms with Gasteiger partial charge in [0.1, 0.15) is 0 Å². The van der Waals surface area contributed by atoms with Gasteiger partial charge in [-0.25, -0.2) is 0 Å². The second-order valence-electron chi connectivity index (χ2n) is 5.76. The lowest BCUT2D eigenvalue weighted by Gasteiger charge is -2.35. The summed E-state index contributed by atoms with van der Waals surface area (Å²) in [5, 5.41) is 8.54. The molecule has 0 spiro atoms. The molecule has 4 heteroatoms. The van der Waals surface area contributed by atoms with Gasteiger partial charge in [-0.05, 0) is 36.4 Å². The lowest BCUT2D eigenvalue weighted by Crippen LogP contribution is -2.53. The number of nitrogens with zero attached hydrogens (tertiary/aromatic N) is 1. The minimum Gasteiger partial charge on any atom is -0.353 e. The molecule has 2 aliphatic carbocycles. The maximum atomic E-state index is 5.13. The fraction of sp³-hybridized carbons (Fsp3) is 0.818. The van der Waals surface area contributed by atoms with E-state index in [-0.39, 0.29) is 5.41 Å². The van der Waals surface area contributed by atoms with Gasteiger partial charge in [0.05, 0.1) is 11.8 Å². The molecule has 0 saturated heterocycles. The van der Waals surface area contributed by atoms with Crippen LogP contribution >= 0.6 is 12.2 Å². The molecule has 0 aromatic carbocycles. The van der Waals surface area contributed by atoms with Crippen molar-refractivity contribution in [3.8, 4) is 0 Å². The zero-order valence-electron chi connectivity index (χ0n) is 9.42. The Morgan fingerprint density at radius 1 is 1.40 bits per heavy atom. The molecular formula is C11H17N3S. The van der Waals surface area contributed by atoms with Crippen molar-refractivity contribution in [1.82, 2.24) is 10.7 Å². The molecule has 3 aliphatic rings. The van der Waals surface area contributed by atoms with E-state index in [1.54, 1.807) is 0 Å². The van der Waals surface area contributed by atoms with Gasteiger partial charge in [0.15, 0.2) is 5.11 Å². The summed E-state index contributed by atoms with van der Waals surface area (Å²) in [4.78, 5) is 0. The van der Waals surface area contributed by atoms with Gasteiger partial charge in [-0.3, -0.25) is 5.43 Å². The molecule has 2 fully saturated rings. The highest BCUT2D eigenvalue weighted by Gasteiger charge is 2.65. The number of nitrogens with one attached hydrogen (secondary N) is 2. The van der Waals surface area contributed by atoms with Crippen LogP contribution in [0.3, 0.4) is 0 Å². The molecule has 2 N–H and O–H groups in total. The minimum atomic E-state index is 0.248. The van der Waals surface area contributed by atoms with Gasteiger partial charge in [-0.2, -0.15) is 5.10 Å². The van der Waals surface area contributed by atoms with Crippen LogP contribution in [0.4, 0.5) is 0 Å². The van der Waals surface area contributed by atoms with E-state index in [1.165, 1.54) is 18.6 Å². The highest BCUT2D eigenvalue weighted by Crippen LogP contribution is 2.64. The normalized spacial score (nSPS) is 45.5. The van der Waals surface area contributed by atoms with Gasteiger partial charge in [-0.15, -0.1) is 0 Å². The average molecular weight is 223 g/mol. The smallest absolute Gasteiger partial charge is 0.187 e. The van der Waals surface area contributed by atoms with Crippen LogP contribution in [0, 0.1) is 16.7 Å². The number of hydrazone groups is 1. The molecule has 3 atom stereocenters. The third kappa shape index (κ3) is 0.917. The molecule has 1 aliphatic heterocycles. The Balaban J connectivity index is 2.12. The lowest BCUT2D eigenvalue weighted by atomic mass is 9.70. The first-order valence-corrected chi connectivity index (χ1v) is 6.02. The van der Waals surface area contributed by atoms with Crippen molar-refractivity contribution in [3.05, 3.63) is 0 Å². The molecule has 2 bridgehead atoms. The molecule has 82 valence electrons. The molecule has 0 unspecified atom stereocenters. The first-order valence-electron chi connectivity index (χ1n) is 5.61. The summed E-state index contributed by atoms with van der Waals surface area (Å²) in [6.07, 6.45) is 2.55. The fourth-order valence-corrected chi connectivity index (χ4v) is 3.93. The predicted molar refractivity (Wildman–Crippen MR) is 64.7 cm³/mol. The van der Waals surface area contributed by atoms with E-state index in [9.17, 15) is 0 Å². The quantitative estimate of drug-likeness (QED) is 0.613. The first-order chi connectivity index (χ1) is 6.97. The van der Waals surface area contributed by atoms with Crippen molar-refractivity contribution in [2.75, 3.05) is 0 Å². The highest BCUT2D eigenvalue weighted by molar-refractivity contribution is 7.80. The van der Waals surface area contributed by atoms with E-state index in [1.807, 2.05) is 0 Å². The van der Waals surface area contributed by atoms with Crippen molar-refractivity contribution in [2.24, 2.45) is 21.8 Å². The Morgan fingerprint density at radius 2 is 2.13 bits per heavy atom. The number of thiocarbonyl (C=S) groups is 1. The first kappa shape index (κ1) is 9.58. The Labute approximate surface area is 95.7 Å². The number of fused-ring (bicyclic) bond motifs is 5. The standard InChI is InChI=1S/C11H17N3S/c1-10(2)6-4-5-11(10,3)8-7(6)12-9(15)14-13-8/h6-7H,4-5H2,1-3H3,(H2,12,14,15)/t6-,7+,11-/m1/s1. The molecule has 3 rings (SSSR count). The summed E-state index contributed by atoms with van der Waals surface area (Å²) in [6.45, 7) is 7.09. The van der Waals surface area contributed by atoms with Crippen LogP contribution in [0.15, 0.2) is 5.10 Å².